The Hall–Kier alpha value is -0.850. The number of ether oxygens (including phenoxy) is 1. The number of aromatic hydroxyl groups is 1. The Balaban J connectivity index is 0.00000225. The summed E-state index contributed by atoms with van der Waals surface area (Å²) in [5.41, 5.74) is 5.60. The second kappa shape index (κ2) is 6.03. The Labute approximate surface area is 106 Å². The molecule has 0 saturated carbocycles. The third-order valence-electron chi connectivity index (χ3n) is 1.89. The van der Waals surface area contributed by atoms with Gasteiger partial charge < -0.3 is 15.6 Å². The van der Waals surface area contributed by atoms with Crippen LogP contribution in [0.15, 0.2) is 16.6 Å². The van der Waals surface area contributed by atoms with Crippen molar-refractivity contribution >= 4 is 34.3 Å². The first kappa shape index (κ1) is 15.2. The average molecular weight is 315 g/mol. The number of nitrogens with two attached hydrogens (primary N) is 1. The van der Waals surface area contributed by atoms with E-state index >= 15 is 0 Å². The van der Waals surface area contributed by atoms with Crippen molar-refractivity contribution in [1.82, 2.24) is 0 Å². The van der Waals surface area contributed by atoms with Gasteiger partial charge in [0.05, 0.1) is 11.6 Å². The lowest BCUT2D eigenvalue weighted by Gasteiger charge is -2.12. The van der Waals surface area contributed by atoms with Crippen molar-refractivity contribution in [2.24, 2.45) is 5.73 Å². The van der Waals surface area contributed by atoms with Gasteiger partial charge in [-0.25, -0.2) is 4.39 Å². The summed E-state index contributed by atoms with van der Waals surface area (Å²) in [5, 5.41) is 9.52. The van der Waals surface area contributed by atoms with E-state index < -0.39 is 23.6 Å². The summed E-state index contributed by atoms with van der Waals surface area (Å²) in [7, 11) is 1.18. The van der Waals surface area contributed by atoms with E-state index in [9.17, 15) is 14.3 Å². The zero-order chi connectivity index (χ0) is 11.6. The Morgan fingerprint density at radius 2 is 2.19 bits per heavy atom. The molecule has 0 aliphatic rings. The molecule has 1 aromatic carbocycles. The quantitative estimate of drug-likeness (QED) is 0.818. The number of carbonyl (C=O) groups excluding carboxylic acids is 1. The molecular weight excluding hydrogens is 304 g/mol. The van der Waals surface area contributed by atoms with Gasteiger partial charge in [0.15, 0.2) is 0 Å². The molecule has 0 amide bonds. The highest BCUT2D eigenvalue weighted by molar-refractivity contribution is 9.10. The third kappa shape index (κ3) is 2.84. The summed E-state index contributed by atoms with van der Waals surface area (Å²) >= 11 is 2.84. The molecule has 1 atom stereocenters. The Morgan fingerprint density at radius 3 is 2.69 bits per heavy atom. The van der Waals surface area contributed by atoms with Crippen molar-refractivity contribution < 1.29 is 19.0 Å². The number of phenols is 1. The zero-order valence-electron chi connectivity index (χ0n) is 8.24. The first-order valence-corrected chi connectivity index (χ1v) is 4.78. The number of rotatable bonds is 2. The van der Waals surface area contributed by atoms with Crippen LogP contribution in [0.4, 0.5) is 4.39 Å². The van der Waals surface area contributed by atoms with Crippen molar-refractivity contribution in [2.75, 3.05) is 7.11 Å². The summed E-state index contributed by atoms with van der Waals surface area (Å²) in [4.78, 5) is 11.1. The molecule has 3 N–H and O–H groups in total. The van der Waals surface area contributed by atoms with Gasteiger partial charge >= 0.3 is 5.97 Å². The number of benzene rings is 1. The minimum atomic E-state index is -1.13. The van der Waals surface area contributed by atoms with Gasteiger partial charge in [0, 0.05) is 5.56 Å². The van der Waals surface area contributed by atoms with E-state index in [2.05, 4.69) is 20.7 Å². The van der Waals surface area contributed by atoms with E-state index in [0.29, 0.717) is 0 Å². The molecular formula is C9H10BrClFNO3. The molecule has 0 unspecified atom stereocenters. The van der Waals surface area contributed by atoms with Gasteiger partial charge in [0.25, 0.3) is 0 Å². The Kier molecular flexibility index (Phi) is 5.71. The number of hydrogen-bond acceptors (Lipinski definition) is 4. The molecule has 0 aliphatic heterocycles. The fraction of sp³-hybridized carbons (Fsp3) is 0.222. The van der Waals surface area contributed by atoms with Crippen LogP contribution >= 0.6 is 28.3 Å². The molecule has 0 aliphatic carbocycles. The van der Waals surface area contributed by atoms with Crippen molar-refractivity contribution in [3.05, 3.63) is 28.0 Å². The monoisotopic (exact) mass is 313 g/mol. The van der Waals surface area contributed by atoms with Crippen LogP contribution in [0.1, 0.15) is 11.6 Å². The second-order valence-corrected chi connectivity index (χ2v) is 3.59. The molecule has 16 heavy (non-hydrogen) atoms. The van der Waals surface area contributed by atoms with Crippen LogP contribution in [0.25, 0.3) is 0 Å². The molecule has 1 rings (SSSR count). The topological polar surface area (TPSA) is 72.5 Å². The molecule has 0 bridgehead atoms. The largest absolute Gasteiger partial charge is 0.506 e. The van der Waals surface area contributed by atoms with Crippen molar-refractivity contribution in [3.8, 4) is 5.75 Å². The van der Waals surface area contributed by atoms with E-state index in [1.54, 1.807) is 0 Å². The number of phenolic OH excluding ortho intramolecular Hbond substituents is 1. The lowest BCUT2D eigenvalue weighted by atomic mass is 10.1. The van der Waals surface area contributed by atoms with Gasteiger partial charge in [-0.3, -0.25) is 4.79 Å². The van der Waals surface area contributed by atoms with Crippen molar-refractivity contribution in [1.29, 1.82) is 0 Å². The van der Waals surface area contributed by atoms with E-state index in [1.807, 2.05) is 0 Å². The molecule has 0 radical (unpaired) electrons. The minimum Gasteiger partial charge on any atom is -0.506 e. The third-order valence-corrected chi connectivity index (χ3v) is 2.64. The predicted molar refractivity (Wildman–Crippen MR) is 62.0 cm³/mol. The standard InChI is InChI=1S/C9H9BrFNO3.ClH/c1-15-9(14)7(12)4-2-3-5(11)6(10)8(4)13;/h2-3,7,13H,12H2,1H3;1H/t7-;/m1./s1. The maximum Gasteiger partial charge on any atom is 0.327 e. The Morgan fingerprint density at radius 1 is 1.62 bits per heavy atom. The van der Waals surface area contributed by atoms with Crippen LogP contribution in [0.3, 0.4) is 0 Å². The number of hydrogen-bond donors (Lipinski definition) is 2. The molecule has 0 fully saturated rings. The molecule has 0 saturated heterocycles. The smallest absolute Gasteiger partial charge is 0.327 e. The van der Waals surface area contributed by atoms with Gasteiger partial charge in [-0.2, -0.15) is 0 Å². The predicted octanol–water partition coefficient (Wildman–Crippen LogP) is 1.89. The van der Waals surface area contributed by atoms with E-state index in [-0.39, 0.29) is 22.4 Å². The van der Waals surface area contributed by atoms with Crippen LogP contribution in [0.2, 0.25) is 0 Å². The summed E-state index contributed by atoms with van der Waals surface area (Å²) in [5.74, 6) is -1.73. The SMILES string of the molecule is COC(=O)[C@H](N)c1ccc(F)c(Br)c1O.Cl. The molecule has 0 spiro atoms. The number of carbonyl (C=O) groups is 1. The maximum absolute atomic E-state index is 12.9. The lowest BCUT2D eigenvalue weighted by Crippen LogP contribution is -2.22. The van der Waals surface area contributed by atoms with Gasteiger partial charge in [0.1, 0.15) is 17.6 Å². The molecule has 4 nitrogen and oxygen atoms in total. The van der Waals surface area contributed by atoms with Gasteiger partial charge in [-0.05, 0) is 22.0 Å². The average Bonchev–Trinajstić information content (AvgIpc) is 2.24. The molecule has 90 valence electrons. The maximum atomic E-state index is 12.9. The number of halogens is 3. The van der Waals surface area contributed by atoms with Crippen molar-refractivity contribution in [2.45, 2.75) is 6.04 Å². The van der Waals surface area contributed by atoms with Crippen LogP contribution < -0.4 is 5.73 Å². The second-order valence-electron chi connectivity index (χ2n) is 2.80. The van der Waals surface area contributed by atoms with Crippen LogP contribution in [-0.4, -0.2) is 18.2 Å². The summed E-state index contributed by atoms with van der Waals surface area (Å²) in [6, 6.07) is 1.20. The first-order chi connectivity index (χ1) is 6.99. The van der Waals surface area contributed by atoms with Gasteiger partial charge in [-0.1, -0.05) is 6.07 Å². The minimum absolute atomic E-state index is 0. The summed E-state index contributed by atoms with van der Waals surface area (Å²) in [6.45, 7) is 0. The van der Waals surface area contributed by atoms with Crippen LogP contribution in [0.5, 0.6) is 5.75 Å². The Bertz CT molecular complexity index is 403. The van der Waals surface area contributed by atoms with E-state index in [1.165, 1.54) is 13.2 Å². The fourth-order valence-corrected chi connectivity index (χ4v) is 1.42. The molecule has 0 aromatic heterocycles. The normalized spacial score (nSPS) is 11.5. The molecule has 1 aromatic rings. The highest BCUT2D eigenvalue weighted by Gasteiger charge is 2.22. The zero-order valence-corrected chi connectivity index (χ0v) is 10.6. The van der Waals surface area contributed by atoms with E-state index in [0.717, 1.165) is 6.07 Å². The van der Waals surface area contributed by atoms with E-state index in [4.69, 9.17) is 5.73 Å². The van der Waals surface area contributed by atoms with Crippen molar-refractivity contribution in [3.63, 3.8) is 0 Å². The van der Waals surface area contributed by atoms with Gasteiger partial charge in [0.2, 0.25) is 0 Å². The highest BCUT2D eigenvalue weighted by atomic mass is 79.9. The lowest BCUT2D eigenvalue weighted by molar-refractivity contribution is -0.142. The number of esters is 1. The summed E-state index contributed by atoms with van der Waals surface area (Å²) < 4.78 is 17.2. The summed E-state index contributed by atoms with van der Waals surface area (Å²) in [6.07, 6.45) is 0. The fourth-order valence-electron chi connectivity index (χ4n) is 1.06. The molecule has 7 heteroatoms. The molecule has 0 heterocycles. The highest BCUT2D eigenvalue weighted by Crippen LogP contribution is 2.33. The van der Waals surface area contributed by atoms with Crippen LogP contribution in [0, 0.1) is 5.82 Å². The first-order valence-electron chi connectivity index (χ1n) is 3.99. The van der Waals surface area contributed by atoms with Crippen LogP contribution in [-0.2, 0) is 9.53 Å². The van der Waals surface area contributed by atoms with Gasteiger partial charge in [-0.15, -0.1) is 12.4 Å². The number of methoxy groups -OCH3 is 1.